The summed E-state index contributed by atoms with van der Waals surface area (Å²) >= 11 is 0. The van der Waals surface area contributed by atoms with Crippen LogP contribution in [0.2, 0.25) is 0 Å². The molecule has 24 heavy (non-hydrogen) atoms. The Labute approximate surface area is 141 Å². The first-order chi connectivity index (χ1) is 11.2. The second kappa shape index (κ2) is 5.53. The first-order valence-corrected chi connectivity index (χ1v) is 8.01. The zero-order valence-electron chi connectivity index (χ0n) is 14.6. The zero-order chi connectivity index (χ0) is 17.7. The third-order valence-corrected chi connectivity index (χ3v) is 4.74. The van der Waals surface area contributed by atoms with Gasteiger partial charge in [0.15, 0.2) is 0 Å². The molecule has 1 aliphatic rings. The van der Waals surface area contributed by atoms with E-state index < -0.39 is 24.3 Å². The Morgan fingerprint density at radius 3 is 2.42 bits per heavy atom. The molecule has 0 saturated carbocycles. The summed E-state index contributed by atoms with van der Waals surface area (Å²) in [5.41, 5.74) is 6.75. The molecule has 0 unspecified atom stereocenters. The van der Waals surface area contributed by atoms with Crippen molar-refractivity contribution in [1.29, 1.82) is 0 Å². The molecule has 2 N–H and O–H groups in total. The van der Waals surface area contributed by atoms with Gasteiger partial charge in [-0.25, -0.2) is 4.79 Å². The molecular weight excluding hydrogens is 309 g/mol. The monoisotopic (exact) mass is 331 g/mol. The standard InChI is InChI=1S/C17H22BNO5/c1-6-21-15(20)14-13(19)11-8-7-10(9-12(11)22-14)18-23-16(2,3)17(4,5)24-18/h7-9H,6,19H2,1-5H3. The fourth-order valence-corrected chi connectivity index (χ4v) is 2.61. The molecule has 0 atom stereocenters. The Bertz CT molecular complexity index is 780. The van der Waals surface area contributed by atoms with Crippen LogP contribution < -0.4 is 11.2 Å². The van der Waals surface area contributed by atoms with Crippen LogP contribution in [0.5, 0.6) is 0 Å². The van der Waals surface area contributed by atoms with E-state index in [4.69, 9.17) is 24.2 Å². The van der Waals surface area contributed by atoms with Gasteiger partial charge in [0.1, 0.15) is 5.58 Å². The number of carbonyl (C=O) groups is 1. The number of rotatable bonds is 3. The molecule has 7 heteroatoms. The van der Waals surface area contributed by atoms with Crippen molar-refractivity contribution in [3.05, 3.63) is 24.0 Å². The summed E-state index contributed by atoms with van der Waals surface area (Å²) in [6, 6.07) is 5.46. The number of anilines is 1. The number of furan rings is 1. The number of ether oxygens (including phenoxy) is 1. The predicted molar refractivity (Wildman–Crippen MR) is 92.3 cm³/mol. The number of hydrogen-bond acceptors (Lipinski definition) is 6. The van der Waals surface area contributed by atoms with Gasteiger partial charge in [-0.3, -0.25) is 0 Å². The Kier molecular flexibility index (Phi) is 3.88. The minimum atomic E-state index is -0.566. The smallest absolute Gasteiger partial charge is 0.460 e. The van der Waals surface area contributed by atoms with Gasteiger partial charge in [0.25, 0.3) is 0 Å². The van der Waals surface area contributed by atoms with Crippen LogP contribution in [-0.4, -0.2) is 30.9 Å². The molecule has 0 spiro atoms. The quantitative estimate of drug-likeness (QED) is 0.687. The van der Waals surface area contributed by atoms with Gasteiger partial charge in [0.05, 0.1) is 23.5 Å². The fourth-order valence-electron chi connectivity index (χ4n) is 2.61. The second-order valence-corrected chi connectivity index (χ2v) is 6.91. The van der Waals surface area contributed by atoms with E-state index in [0.29, 0.717) is 11.0 Å². The molecule has 1 aromatic heterocycles. The highest BCUT2D eigenvalue weighted by Gasteiger charge is 2.51. The second-order valence-electron chi connectivity index (χ2n) is 6.91. The average molecular weight is 331 g/mol. The third kappa shape index (κ3) is 2.57. The van der Waals surface area contributed by atoms with Gasteiger partial charge in [-0.2, -0.15) is 0 Å². The summed E-state index contributed by atoms with van der Waals surface area (Å²) in [5.74, 6) is -0.540. The van der Waals surface area contributed by atoms with Crippen molar-refractivity contribution >= 4 is 35.2 Å². The number of esters is 1. The normalized spacial score (nSPS) is 19.0. The van der Waals surface area contributed by atoms with Crippen LogP contribution in [0.25, 0.3) is 11.0 Å². The molecule has 1 aliphatic heterocycles. The van der Waals surface area contributed by atoms with Crippen molar-refractivity contribution < 1.29 is 23.3 Å². The molecule has 128 valence electrons. The fraction of sp³-hybridized carbons (Fsp3) is 0.471. The van der Waals surface area contributed by atoms with E-state index in [-0.39, 0.29) is 18.1 Å². The molecule has 1 aromatic carbocycles. The maximum Gasteiger partial charge on any atom is 0.494 e. The van der Waals surface area contributed by atoms with Crippen molar-refractivity contribution in [1.82, 2.24) is 0 Å². The average Bonchev–Trinajstić information content (AvgIpc) is 2.93. The van der Waals surface area contributed by atoms with Crippen LogP contribution in [0, 0.1) is 0 Å². The lowest BCUT2D eigenvalue weighted by Gasteiger charge is -2.32. The molecule has 0 amide bonds. The Morgan fingerprint density at radius 1 is 1.21 bits per heavy atom. The van der Waals surface area contributed by atoms with Crippen LogP contribution in [0.1, 0.15) is 45.2 Å². The molecule has 2 heterocycles. The van der Waals surface area contributed by atoms with Crippen molar-refractivity contribution in [3.8, 4) is 0 Å². The van der Waals surface area contributed by atoms with Gasteiger partial charge in [-0.1, -0.05) is 6.07 Å². The van der Waals surface area contributed by atoms with E-state index in [1.165, 1.54) is 0 Å². The molecule has 1 saturated heterocycles. The lowest BCUT2D eigenvalue weighted by molar-refractivity contribution is 0.00578. The third-order valence-electron chi connectivity index (χ3n) is 4.74. The molecule has 6 nitrogen and oxygen atoms in total. The molecule has 1 fully saturated rings. The highest BCUT2D eigenvalue weighted by atomic mass is 16.7. The van der Waals surface area contributed by atoms with Gasteiger partial charge in [-0.05, 0) is 52.2 Å². The minimum Gasteiger partial charge on any atom is -0.460 e. The number of hydrogen-bond donors (Lipinski definition) is 1. The zero-order valence-corrected chi connectivity index (χ0v) is 14.6. The van der Waals surface area contributed by atoms with Crippen LogP contribution in [0.15, 0.2) is 22.6 Å². The maximum absolute atomic E-state index is 11.9. The van der Waals surface area contributed by atoms with Crippen molar-refractivity contribution in [2.45, 2.75) is 45.8 Å². The largest absolute Gasteiger partial charge is 0.494 e. The minimum absolute atomic E-state index is 0.0259. The molecular formula is C17H22BNO5. The van der Waals surface area contributed by atoms with Gasteiger partial charge < -0.3 is 24.2 Å². The highest BCUT2D eigenvalue weighted by molar-refractivity contribution is 6.62. The molecule has 0 bridgehead atoms. The number of nitrogens with two attached hydrogens (primary N) is 1. The van der Waals surface area contributed by atoms with Gasteiger partial charge in [0.2, 0.25) is 5.76 Å². The predicted octanol–water partition coefficient (Wildman–Crippen LogP) is 2.49. The summed E-state index contributed by atoms with van der Waals surface area (Å²) in [4.78, 5) is 11.9. The lowest BCUT2D eigenvalue weighted by atomic mass is 9.79. The van der Waals surface area contributed by atoms with Crippen molar-refractivity contribution in [2.75, 3.05) is 12.3 Å². The van der Waals surface area contributed by atoms with Gasteiger partial charge in [0, 0.05) is 5.39 Å². The number of fused-ring (bicyclic) bond motifs is 1. The van der Waals surface area contributed by atoms with E-state index in [0.717, 1.165) is 5.46 Å². The van der Waals surface area contributed by atoms with Crippen molar-refractivity contribution in [2.24, 2.45) is 0 Å². The van der Waals surface area contributed by atoms with Crippen LogP contribution in [-0.2, 0) is 14.0 Å². The topological polar surface area (TPSA) is 83.9 Å². The summed E-state index contributed by atoms with van der Waals surface area (Å²) in [6.07, 6.45) is 0. The van der Waals surface area contributed by atoms with Crippen LogP contribution in [0.3, 0.4) is 0 Å². The van der Waals surface area contributed by atoms with E-state index in [2.05, 4.69) is 0 Å². The SMILES string of the molecule is CCOC(=O)c1oc2cc(B3OC(C)(C)C(C)(C)O3)ccc2c1N. The molecule has 0 aliphatic carbocycles. The Morgan fingerprint density at radius 2 is 1.83 bits per heavy atom. The summed E-state index contributed by atoms with van der Waals surface area (Å²) < 4.78 is 22.6. The summed E-state index contributed by atoms with van der Waals surface area (Å²) in [6.45, 7) is 9.97. The first kappa shape index (κ1) is 16.9. The molecule has 0 radical (unpaired) electrons. The summed E-state index contributed by atoms with van der Waals surface area (Å²) in [7, 11) is -0.503. The Hall–Kier alpha value is -1.99. The number of nitrogen functional groups attached to an aromatic ring is 1. The van der Waals surface area contributed by atoms with E-state index in [9.17, 15) is 4.79 Å². The maximum atomic E-state index is 11.9. The molecule has 2 aromatic rings. The van der Waals surface area contributed by atoms with E-state index >= 15 is 0 Å². The van der Waals surface area contributed by atoms with E-state index in [1.54, 1.807) is 19.1 Å². The number of benzene rings is 1. The van der Waals surface area contributed by atoms with Gasteiger partial charge >= 0.3 is 13.1 Å². The Balaban J connectivity index is 1.97. The van der Waals surface area contributed by atoms with E-state index in [1.807, 2.05) is 33.8 Å². The first-order valence-electron chi connectivity index (χ1n) is 8.01. The van der Waals surface area contributed by atoms with Crippen molar-refractivity contribution in [3.63, 3.8) is 0 Å². The highest BCUT2D eigenvalue weighted by Crippen LogP contribution is 2.37. The number of carbonyl (C=O) groups excluding carboxylic acids is 1. The van der Waals surface area contributed by atoms with Gasteiger partial charge in [-0.15, -0.1) is 0 Å². The molecule has 3 rings (SSSR count). The summed E-state index contributed by atoms with van der Waals surface area (Å²) in [5, 5.41) is 0.665. The lowest BCUT2D eigenvalue weighted by Crippen LogP contribution is -2.41. The van der Waals surface area contributed by atoms with Crippen LogP contribution >= 0.6 is 0 Å². The van der Waals surface area contributed by atoms with Crippen LogP contribution in [0.4, 0.5) is 5.69 Å².